The van der Waals surface area contributed by atoms with Gasteiger partial charge in [-0.3, -0.25) is 14.9 Å². The molecule has 128 valence electrons. The van der Waals surface area contributed by atoms with Crippen LogP contribution in [0.5, 0.6) is 5.75 Å². The van der Waals surface area contributed by atoms with E-state index in [0.717, 1.165) is 5.56 Å². The van der Waals surface area contributed by atoms with E-state index in [2.05, 4.69) is 15.8 Å². The van der Waals surface area contributed by atoms with Gasteiger partial charge in [0, 0.05) is 25.3 Å². The molecule has 0 bridgehead atoms. The highest BCUT2D eigenvalue weighted by Gasteiger charge is 2.20. The molecule has 2 aromatic rings. The minimum atomic E-state index is -0.835. The molecule has 0 aliphatic heterocycles. The van der Waals surface area contributed by atoms with E-state index in [9.17, 15) is 9.59 Å². The van der Waals surface area contributed by atoms with Crippen LogP contribution in [0.1, 0.15) is 17.4 Å². The van der Waals surface area contributed by atoms with Gasteiger partial charge in [-0.25, -0.2) is 0 Å². The molecule has 24 heavy (non-hydrogen) atoms. The fourth-order valence-corrected chi connectivity index (χ4v) is 2.12. The standard InChI is InChI=1S/C16H19N3O5/c1-10-8-14(19-24-10)18-16(21)15(20)17-9-13(23-3)11-6-4-5-7-12(11)22-2/h4-8,13H,9H2,1-3H3,(H,17,20)(H,18,19,21)/t13-/m0/s1. The summed E-state index contributed by atoms with van der Waals surface area (Å²) in [6.07, 6.45) is -0.452. The van der Waals surface area contributed by atoms with E-state index in [1.54, 1.807) is 20.1 Å². The second-order valence-corrected chi connectivity index (χ2v) is 4.95. The van der Waals surface area contributed by atoms with Gasteiger partial charge in [0.15, 0.2) is 5.82 Å². The van der Waals surface area contributed by atoms with E-state index in [-0.39, 0.29) is 12.4 Å². The van der Waals surface area contributed by atoms with E-state index in [1.807, 2.05) is 18.2 Å². The first-order valence-corrected chi connectivity index (χ1v) is 7.23. The number of anilines is 1. The second-order valence-electron chi connectivity index (χ2n) is 4.95. The molecule has 0 fully saturated rings. The number of carbonyl (C=O) groups excluding carboxylic acids is 2. The van der Waals surface area contributed by atoms with Crippen molar-refractivity contribution >= 4 is 17.6 Å². The van der Waals surface area contributed by atoms with E-state index >= 15 is 0 Å². The number of benzene rings is 1. The molecule has 0 aliphatic rings. The largest absolute Gasteiger partial charge is 0.496 e. The molecule has 0 spiro atoms. The Labute approximate surface area is 139 Å². The fourth-order valence-electron chi connectivity index (χ4n) is 2.12. The molecule has 8 nitrogen and oxygen atoms in total. The monoisotopic (exact) mass is 333 g/mol. The Bertz CT molecular complexity index is 713. The maximum absolute atomic E-state index is 11.9. The third-order valence-electron chi connectivity index (χ3n) is 3.29. The lowest BCUT2D eigenvalue weighted by Crippen LogP contribution is -2.38. The van der Waals surface area contributed by atoms with E-state index in [4.69, 9.17) is 14.0 Å². The lowest BCUT2D eigenvalue weighted by atomic mass is 10.1. The Morgan fingerprint density at radius 1 is 1.25 bits per heavy atom. The van der Waals surface area contributed by atoms with Crippen LogP contribution < -0.4 is 15.4 Å². The van der Waals surface area contributed by atoms with Gasteiger partial charge in [-0.15, -0.1) is 0 Å². The Kier molecular flexibility index (Phi) is 5.91. The van der Waals surface area contributed by atoms with Crippen molar-refractivity contribution in [3.05, 3.63) is 41.7 Å². The molecule has 0 saturated heterocycles. The number of para-hydroxylation sites is 1. The molecule has 2 N–H and O–H groups in total. The van der Waals surface area contributed by atoms with Crippen molar-refractivity contribution in [2.45, 2.75) is 13.0 Å². The number of amides is 2. The smallest absolute Gasteiger partial charge is 0.314 e. The number of aromatic nitrogens is 1. The zero-order valence-electron chi connectivity index (χ0n) is 13.7. The van der Waals surface area contributed by atoms with Gasteiger partial charge < -0.3 is 19.3 Å². The summed E-state index contributed by atoms with van der Waals surface area (Å²) in [5.74, 6) is -0.283. The van der Waals surface area contributed by atoms with E-state index in [0.29, 0.717) is 11.5 Å². The number of methoxy groups -OCH3 is 2. The molecule has 1 aromatic heterocycles. The number of ether oxygens (including phenoxy) is 2. The normalized spacial score (nSPS) is 11.6. The summed E-state index contributed by atoms with van der Waals surface area (Å²) in [5.41, 5.74) is 0.773. The quantitative estimate of drug-likeness (QED) is 0.775. The van der Waals surface area contributed by atoms with Crippen LogP contribution in [-0.2, 0) is 14.3 Å². The Morgan fingerprint density at radius 3 is 2.62 bits per heavy atom. The zero-order valence-corrected chi connectivity index (χ0v) is 13.7. The van der Waals surface area contributed by atoms with Crippen molar-refractivity contribution in [3.8, 4) is 5.75 Å². The molecular weight excluding hydrogens is 314 g/mol. The van der Waals surface area contributed by atoms with Gasteiger partial charge in [-0.2, -0.15) is 0 Å². The van der Waals surface area contributed by atoms with Gasteiger partial charge >= 0.3 is 11.8 Å². The van der Waals surface area contributed by atoms with Crippen LogP contribution in [0, 0.1) is 6.92 Å². The van der Waals surface area contributed by atoms with Crippen molar-refractivity contribution in [1.29, 1.82) is 0 Å². The van der Waals surface area contributed by atoms with Crippen LogP contribution in [0.25, 0.3) is 0 Å². The van der Waals surface area contributed by atoms with Crippen molar-refractivity contribution in [2.24, 2.45) is 0 Å². The summed E-state index contributed by atoms with van der Waals surface area (Å²) >= 11 is 0. The Hall–Kier alpha value is -2.87. The molecule has 2 rings (SSSR count). The average Bonchev–Trinajstić information content (AvgIpc) is 3.00. The number of nitrogens with one attached hydrogen (secondary N) is 2. The molecule has 8 heteroatoms. The molecule has 1 heterocycles. The lowest BCUT2D eigenvalue weighted by molar-refractivity contribution is -0.136. The van der Waals surface area contributed by atoms with E-state index < -0.39 is 17.9 Å². The SMILES string of the molecule is COc1ccccc1[C@H](CNC(=O)C(=O)Nc1cc(C)on1)OC. The Balaban J connectivity index is 1.94. The number of hydrogen-bond acceptors (Lipinski definition) is 6. The highest BCUT2D eigenvalue weighted by Crippen LogP contribution is 2.26. The summed E-state index contributed by atoms with van der Waals surface area (Å²) in [7, 11) is 3.07. The predicted molar refractivity (Wildman–Crippen MR) is 85.6 cm³/mol. The van der Waals surface area contributed by atoms with Gasteiger partial charge in [-0.1, -0.05) is 23.4 Å². The minimum Gasteiger partial charge on any atom is -0.496 e. The number of aryl methyl sites for hydroxylation is 1. The third kappa shape index (κ3) is 4.32. The van der Waals surface area contributed by atoms with Crippen molar-refractivity contribution < 1.29 is 23.6 Å². The molecule has 0 unspecified atom stereocenters. The zero-order chi connectivity index (χ0) is 17.5. The number of rotatable bonds is 6. The molecule has 1 atom stereocenters. The lowest BCUT2D eigenvalue weighted by Gasteiger charge is -2.18. The second kappa shape index (κ2) is 8.11. The molecular formula is C16H19N3O5. The van der Waals surface area contributed by atoms with Crippen LogP contribution in [0.4, 0.5) is 5.82 Å². The number of hydrogen-bond donors (Lipinski definition) is 2. The maximum atomic E-state index is 11.9. The first-order valence-electron chi connectivity index (χ1n) is 7.23. The minimum absolute atomic E-state index is 0.112. The first kappa shape index (κ1) is 17.5. The fraction of sp³-hybridized carbons (Fsp3) is 0.312. The molecule has 0 aliphatic carbocycles. The van der Waals surface area contributed by atoms with Crippen molar-refractivity contribution in [2.75, 3.05) is 26.1 Å². The van der Waals surface area contributed by atoms with Crippen LogP contribution in [0.15, 0.2) is 34.9 Å². The van der Waals surface area contributed by atoms with Gasteiger partial charge in [0.2, 0.25) is 0 Å². The Morgan fingerprint density at radius 2 is 2.00 bits per heavy atom. The highest BCUT2D eigenvalue weighted by atomic mass is 16.5. The summed E-state index contributed by atoms with van der Waals surface area (Å²) in [6, 6.07) is 8.81. The van der Waals surface area contributed by atoms with Crippen molar-refractivity contribution in [1.82, 2.24) is 10.5 Å². The molecule has 1 aromatic carbocycles. The third-order valence-corrected chi connectivity index (χ3v) is 3.29. The summed E-state index contributed by atoms with van der Waals surface area (Å²) in [5, 5.41) is 8.46. The summed E-state index contributed by atoms with van der Waals surface area (Å²) in [4.78, 5) is 23.7. The van der Waals surface area contributed by atoms with E-state index in [1.165, 1.54) is 13.2 Å². The van der Waals surface area contributed by atoms with Crippen LogP contribution in [-0.4, -0.2) is 37.7 Å². The van der Waals surface area contributed by atoms with Crippen molar-refractivity contribution in [3.63, 3.8) is 0 Å². The highest BCUT2D eigenvalue weighted by molar-refractivity contribution is 6.39. The average molecular weight is 333 g/mol. The summed E-state index contributed by atoms with van der Waals surface area (Å²) < 4.78 is 15.5. The number of nitrogens with zero attached hydrogens (tertiary/aromatic N) is 1. The number of carbonyl (C=O) groups is 2. The van der Waals surface area contributed by atoms with Crippen LogP contribution >= 0.6 is 0 Å². The van der Waals surface area contributed by atoms with Crippen LogP contribution in [0.2, 0.25) is 0 Å². The predicted octanol–water partition coefficient (Wildman–Crippen LogP) is 1.43. The molecule has 0 radical (unpaired) electrons. The van der Waals surface area contributed by atoms with Gasteiger partial charge in [0.25, 0.3) is 0 Å². The summed E-state index contributed by atoms with van der Waals surface area (Å²) in [6.45, 7) is 1.79. The molecule has 2 amide bonds. The topological polar surface area (TPSA) is 103 Å². The van der Waals surface area contributed by atoms with Crippen LogP contribution in [0.3, 0.4) is 0 Å². The van der Waals surface area contributed by atoms with Gasteiger partial charge in [0.05, 0.1) is 7.11 Å². The maximum Gasteiger partial charge on any atom is 0.314 e. The molecule has 0 saturated carbocycles. The van der Waals surface area contributed by atoms with Gasteiger partial charge in [0.1, 0.15) is 17.6 Å². The first-order chi connectivity index (χ1) is 11.5. The van der Waals surface area contributed by atoms with Gasteiger partial charge in [-0.05, 0) is 13.0 Å².